The van der Waals surface area contributed by atoms with Gasteiger partial charge in [-0.15, -0.1) is 11.3 Å². The summed E-state index contributed by atoms with van der Waals surface area (Å²) in [4.78, 5) is 9.88. The maximum atomic E-state index is 6.11. The van der Waals surface area contributed by atoms with E-state index in [4.69, 9.17) is 21.3 Å². The van der Waals surface area contributed by atoms with E-state index >= 15 is 0 Å². The zero-order valence-electron chi connectivity index (χ0n) is 14.6. The first-order valence-corrected chi connectivity index (χ1v) is 10.2. The molecule has 4 nitrogen and oxygen atoms in total. The van der Waals surface area contributed by atoms with E-state index in [0.29, 0.717) is 0 Å². The molecule has 2 fully saturated rings. The van der Waals surface area contributed by atoms with Crippen LogP contribution < -0.4 is 4.90 Å². The Kier molecular flexibility index (Phi) is 5.00. The number of likely N-dealkylation sites (N-methyl/N-ethyl adjacent to an activating group) is 1. The maximum Gasteiger partial charge on any atom is 0.185 e. The predicted molar refractivity (Wildman–Crippen MR) is 104 cm³/mol. The third kappa shape index (κ3) is 3.43. The summed E-state index contributed by atoms with van der Waals surface area (Å²) in [5, 5.41) is 4.19. The number of anilines is 1. The highest BCUT2D eigenvalue weighted by Gasteiger charge is 2.38. The lowest BCUT2D eigenvalue weighted by molar-refractivity contribution is 0.0620. The van der Waals surface area contributed by atoms with Crippen LogP contribution in [0.15, 0.2) is 29.6 Å². The van der Waals surface area contributed by atoms with E-state index < -0.39 is 0 Å². The average Bonchev–Trinajstić information content (AvgIpc) is 3.14. The molecule has 0 N–H and O–H groups in total. The summed E-state index contributed by atoms with van der Waals surface area (Å²) in [5.41, 5.74) is 2.44. The molecule has 0 spiro atoms. The molecule has 0 radical (unpaired) electrons. The first-order chi connectivity index (χ1) is 12.2. The minimum absolute atomic E-state index is 0.0514. The molecular formula is C19H24ClN3OS. The van der Waals surface area contributed by atoms with Crippen molar-refractivity contribution in [2.45, 2.75) is 18.3 Å². The van der Waals surface area contributed by atoms with Gasteiger partial charge in [0.15, 0.2) is 5.13 Å². The fourth-order valence-electron chi connectivity index (χ4n) is 3.81. The van der Waals surface area contributed by atoms with Crippen LogP contribution >= 0.6 is 22.9 Å². The number of nitrogens with zero attached hydrogens (tertiary/aromatic N) is 3. The molecule has 0 bridgehead atoms. The van der Waals surface area contributed by atoms with Crippen molar-refractivity contribution < 1.29 is 4.74 Å². The van der Waals surface area contributed by atoms with Gasteiger partial charge in [0.1, 0.15) is 0 Å². The molecule has 0 amide bonds. The molecule has 2 aliphatic heterocycles. The number of thiazole rings is 1. The molecule has 0 aliphatic carbocycles. The highest BCUT2D eigenvalue weighted by molar-refractivity contribution is 7.13. The predicted octanol–water partition coefficient (Wildman–Crippen LogP) is 3.64. The Bertz CT molecular complexity index is 704. The van der Waals surface area contributed by atoms with Gasteiger partial charge in [-0.2, -0.15) is 0 Å². The number of benzene rings is 1. The standard InChI is InChI=1S/C19H24ClN3OS/c1-22-8-10-23(11-9-22)18-21-17(14-25-18)19(6-12-24-13-7-19)15-2-4-16(20)5-3-15/h2-5,14H,6-13H2,1H3. The van der Waals surface area contributed by atoms with Gasteiger partial charge >= 0.3 is 0 Å². The van der Waals surface area contributed by atoms with Gasteiger partial charge in [0.25, 0.3) is 0 Å². The summed E-state index contributed by atoms with van der Waals surface area (Å²) in [7, 11) is 2.18. The Labute approximate surface area is 158 Å². The van der Waals surface area contributed by atoms with Crippen molar-refractivity contribution >= 4 is 28.1 Å². The molecule has 134 valence electrons. The zero-order chi connectivity index (χ0) is 17.3. The first kappa shape index (κ1) is 17.3. The zero-order valence-corrected chi connectivity index (χ0v) is 16.2. The molecule has 2 aromatic rings. The molecule has 6 heteroatoms. The lowest BCUT2D eigenvalue weighted by atomic mass is 9.72. The number of rotatable bonds is 3. The molecule has 2 aliphatic rings. The SMILES string of the molecule is CN1CCN(c2nc(C3(c4ccc(Cl)cc4)CCOCC3)cs2)CC1. The van der Waals surface area contributed by atoms with Gasteiger partial charge in [-0.05, 0) is 37.6 Å². The van der Waals surface area contributed by atoms with Gasteiger partial charge in [0, 0.05) is 55.2 Å². The molecule has 2 saturated heterocycles. The van der Waals surface area contributed by atoms with E-state index in [2.05, 4.69) is 34.4 Å². The Morgan fingerprint density at radius 3 is 2.44 bits per heavy atom. The van der Waals surface area contributed by atoms with Crippen molar-refractivity contribution in [3.63, 3.8) is 0 Å². The fraction of sp³-hybridized carbons (Fsp3) is 0.526. The van der Waals surface area contributed by atoms with Crippen LogP contribution in [0.4, 0.5) is 5.13 Å². The van der Waals surface area contributed by atoms with Crippen LogP contribution in [0, 0.1) is 0 Å². The molecule has 3 heterocycles. The third-order valence-electron chi connectivity index (χ3n) is 5.50. The third-order valence-corrected chi connectivity index (χ3v) is 6.65. The number of halogens is 1. The molecule has 1 aromatic heterocycles. The smallest absolute Gasteiger partial charge is 0.185 e. The van der Waals surface area contributed by atoms with Gasteiger partial charge in [-0.25, -0.2) is 4.98 Å². The number of hydrogen-bond acceptors (Lipinski definition) is 5. The fourth-order valence-corrected chi connectivity index (χ4v) is 4.91. The Morgan fingerprint density at radius 2 is 1.76 bits per heavy atom. The van der Waals surface area contributed by atoms with Crippen molar-refractivity contribution in [3.8, 4) is 0 Å². The Morgan fingerprint density at radius 1 is 1.08 bits per heavy atom. The van der Waals surface area contributed by atoms with Gasteiger partial charge in [-0.3, -0.25) is 0 Å². The number of hydrogen-bond donors (Lipinski definition) is 0. The Hall–Kier alpha value is -1.14. The van der Waals surface area contributed by atoms with Crippen molar-refractivity contribution in [1.29, 1.82) is 0 Å². The number of piperazine rings is 1. The quantitative estimate of drug-likeness (QED) is 0.816. The second-order valence-electron chi connectivity index (χ2n) is 7.01. The number of ether oxygens (including phenoxy) is 1. The largest absolute Gasteiger partial charge is 0.381 e. The van der Waals surface area contributed by atoms with E-state index in [-0.39, 0.29) is 5.41 Å². The van der Waals surface area contributed by atoms with Crippen LogP contribution in [0.5, 0.6) is 0 Å². The second kappa shape index (κ2) is 7.23. The number of aromatic nitrogens is 1. The van der Waals surface area contributed by atoms with E-state index in [1.165, 1.54) is 11.3 Å². The van der Waals surface area contributed by atoms with Crippen LogP contribution in [0.25, 0.3) is 0 Å². The Balaban J connectivity index is 1.65. The van der Waals surface area contributed by atoms with Crippen LogP contribution in [0.3, 0.4) is 0 Å². The molecule has 1 aromatic carbocycles. The summed E-state index contributed by atoms with van der Waals surface area (Å²) in [6.07, 6.45) is 1.95. The summed E-state index contributed by atoms with van der Waals surface area (Å²) >= 11 is 7.89. The van der Waals surface area contributed by atoms with Crippen molar-refractivity contribution in [2.75, 3.05) is 51.3 Å². The van der Waals surface area contributed by atoms with Crippen molar-refractivity contribution in [2.24, 2.45) is 0 Å². The summed E-state index contributed by atoms with van der Waals surface area (Å²) in [6, 6.07) is 8.29. The maximum absolute atomic E-state index is 6.11. The van der Waals surface area contributed by atoms with E-state index in [0.717, 1.165) is 62.4 Å². The van der Waals surface area contributed by atoms with E-state index in [9.17, 15) is 0 Å². The molecule has 0 saturated carbocycles. The molecule has 25 heavy (non-hydrogen) atoms. The summed E-state index contributed by atoms with van der Waals surface area (Å²) < 4.78 is 5.66. The van der Waals surface area contributed by atoms with E-state index in [1.54, 1.807) is 11.3 Å². The first-order valence-electron chi connectivity index (χ1n) is 8.91. The average molecular weight is 378 g/mol. The lowest BCUT2D eigenvalue weighted by Gasteiger charge is -2.37. The van der Waals surface area contributed by atoms with Gasteiger partial charge in [0.05, 0.1) is 5.69 Å². The molecular weight excluding hydrogens is 354 g/mol. The van der Waals surface area contributed by atoms with Crippen LogP contribution in [-0.2, 0) is 10.2 Å². The lowest BCUT2D eigenvalue weighted by Crippen LogP contribution is -2.44. The molecule has 0 atom stereocenters. The van der Waals surface area contributed by atoms with Gasteiger partial charge in [0.2, 0.25) is 0 Å². The normalized spacial score (nSPS) is 21.4. The van der Waals surface area contributed by atoms with Crippen molar-refractivity contribution in [3.05, 3.63) is 45.9 Å². The van der Waals surface area contributed by atoms with Crippen molar-refractivity contribution in [1.82, 2.24) is 9.88 Å². The van der Waals surface area contributed by atoms with Gasteiger partial charge in [-0.1, -0.05) is 23.7 Å². The monoisotopic (exact) mass is 377 g/mol. The highest BCUT2D eigenvalue weighted by atomic mass is 35.5. The van der Waals surface area contributed by atoms with Crippen LogP contribution in [0.1, 0.15) is 24.1 Å². The van der Waals surface area contributed by atoms with Crippen LogP contribution in [0.2, 0.25) is 5.02 Å². The summed E-state index contributed by atoms with van der Waals surface area (Å²) in [5.74, 6) is 0. The molecule has 4 rings (SSSR count). The topological polar surface area (TPSA) is 28.6 Å². The summed E-state index contributed by atoms with van der Waals surface area (Å²) in [6.45, 7) is 5.88. The van der Waals surface area contributed by atoms with E-state index in [1.807, 2.05) is 12.1 Å². The molecule has 0 unspecified atom stereocenters. The second-order valence-corrected chi connectivity index (χ2v) is 8.28. The van der Waals surface area contributed by atoms with Crippen LogP contribution in [-0.4, -0.2) is 56.3 Å². The van der Waals surface area contributed by atoms with Gasteiger partial charge < -0.3 is 14.5 Å². The minimum Gasteiger partial charge on any atom is -0.381 e. The minimum atomic E-state index is -0.0514. The highest BCUT2D eigenvalue weighted by Crippen LogP contribution is 2.42.